The number of benzene rings is 3. The highest BCUT2D eigenvalue weighted by Crippen LogP contribution is 2.28. The SMILES string of the molecule is CC(C)c1ccc2oc(-c3cccc(NC(=O)/C=C/c4ccc(-c5ccccc5)o4)c3)nc2c1. The van der Waals surface area contributed by atoms with Crippen molar-refractivity contribution >= 4 is 28.8 Å². The Morgan fingerprint density at radius 2 is 1.71 bits per heavy atom. The summed E-state index contributed by atoms with van der Waals surface area (Å²) in [6.45, 7) is 4.30. The zero-order valence-electron chi connectivity index (χ0n) is 19.0. The van der Waals surface area contributed by atoms with E-state index in [0.717, 1.165) is 28.0 Å². The Morgan fingerprint density at radius 1 is 0.882 bits per heavy atom. The first kappa shape index (κ1) is 21.5. The maximum absolute atomic E-state index is 12.5. The molecule has 0 aliphatic heterocycles. The van der Waals surface area contributed by atoms with Gasteiger partial charge in [0.25, 0.3) is 0 Å². The first-order valence-corrected chi connectivity index (χ1v) is 11.2. The molecule has 5 aromatic rings. The van der Waals surface area contributed by atoms with Gasteiger partial charge in [-0.15, -0.1) is 0 Å². The Hall–Kier alpha value is -4.38. The fourth-order valence-corrected chi connectivity index (χ4v) is 3.70. The largest absolute Gasteiger partial charge is 0.457 e. The number of nitrogens with zero attached hydrogens (tertiary/aromatic N) is 1. The Labute approximate surface area is 197 Å². The lowest BCUT2D eigenvalue weighted by Gasteiger charge is -2.03. The highest BCUT2D eigenvalue weighted by atomic mass is 16.3. The van der Waals surface area contributed by atoms with E-state index >= 15 is 0 Å². The van der Waals surface area contributed by atoms with E-state index in [2.05, 4.69) is 36.3 Å². The molecule has 5 heteroatoms. The van der Waals surface area contributed by atoms with Gasteiger partial charge in [0.15, 0.2) is 5.58 Å². The van der Waals surface area contributed by atoms with E-state index in [4.69, 9.17) is 8.83 Å². The number of hydrogen-bond donors (Lipinski definition) is 1. The lowest BCUT2D eigenvalue weighted by atomic mass is 10.0. The summed E-state index contributed by atoms with van der Waals surface area (Å²) < 4.78 is 11.8. The summed E-state index contributed by atoms with van der Waals surface area (Å²) in [5, 5.41) is 2.88. The zero-order chi connectivity index (χ0) is 23.5. The molecule has 0 bridgehead atoms. The molecule has 0 radical (unpaired) electrons. The maximum atomic E-state index is 12.5. The molecule has 0 fully saturated rings. The fourth-order valence-electron chi connectivity index (χ4n) is 3.70. The molecule has 34 heavy (non-hydrogen) atoms. The van der Waals surface area contributed by atoms with E-state index in [9.17, 15) is 4.79 Å². The summed E-state index contributed by atoms with van der Waals surface area (Å²) in [7, 11) is 0. The van der Waals surface area contributed by atoms with Crippen LogP contribution in [0, 0.1) is 0 Å². The van der Waals surface area contributed by atoms with Crippen LogP contribution in [0.5, 0.6) is 0 Å². The second kappa shape index (κ2) is 9.24. The van der Waals surface area contributed by atoms with Crippen LogP contribution in [-0.4, -0.2) is 10.9 Å². The van der Waals surface area contributed by atoms with Crippen molar-refractivity contribution in [2.75, 3.05) is 5.32 Å². The van der Waals surface area contributed by atoms with Gasteiger partial charge in [-0.1, -0.05) is 56.3 Å². The number of fused-ring (bicyclic) bond motifs is 1. The van der Waals surface area contributed by atoms with Crippen LogP contribution in [-0.2, 0) is 4.79 Å². The molecule has 0 spiro atoms. The average molecular weight is 449 g/mol. The average Bonchev–Trinajstić information content (AvgIpc) is 3.50. The summed E-state index contributed by atoms with van der Waals surface area (Å²) in [4.78, 5) is 17.1. The van der Waals surface area contributed by atoms with Crippen molar-refractivity contribution in [3.63, 3.8) is 0 Å². The lowest BCUT2D eigenvalue weighted by Crippen LogP contribution is -2.07. The van der Waals surface area contributed by atoms with Gasteiger partial charge in [0.2, 0.25) is 11.8 Å². The van der Waals surface area contributed by atoms with Gasteiger partial charge in [0, 0.05) is 22.9 Å². The van der Waals surface area contributed by atoms with E-state index in [1.54, 1.807) is 6.08 Å². The second-order valence-electron chi connectivity index (χ2n) is 8.37. The van der Waals surface area contributed by atoms with Crippen LogP contribution in [0.1, 0.15) is 31.1 Å². The topological polar surface area (TPSA) is 68.3 Å². The number of carbonyl (C=O) groups excluding carboxylic acids is 1. The van der Waals surface area contributed by atoms with Crippen molar-refractivity contribution in [1.82, 2.24) is 4.98 Å². The molecule has 2 aromatic heterocycles. The molecular weight excluding hydrogens is 424 g/mol. The molecule has 3 aromatic carbocycles. The summed E-state index contributed by atoms with van der Waals surface area (Å²) >= 11 is 0. The number of aromatic nitrogens is 1. The number of nitrogens with one attached hydrogen (secondary N) is 1. The Morgan fingerprint density at radius 3 is 2.53 bits per heavy atom. The van der Waals surface area contributed by atoms with Crippen LogP contribution in [0.4, 0.5) is 5.69 Å². The van der Waals surface area contributed by atoms with Gasteiger partial charge in [0.05, 0.1) is 0 Å². The highest BCUT2D eigenvalue weighted by Gasteiger charge is 2.11. The number of amides is 1. The minimum absolute atomic E-state index is 0.256. The Bertz CT molecular complexity index is 1480. The van der Waals surface area contributed by atoms with Gasteiger partial charge >= 0.3 is 0 Å². The number of hydrogen-bond acceptors (Lipinski definition) is 4. The molecule has 5 rings (SSSR count). The van der Waals surface area contributed by atoms with Crippen molar-refractivity contribution < 1.29 is 13.6 Å². The molecule has 5 nitrogen and oxygen atoms in total. The number of rotatable bonds is 6. The minimum atomic E-state index is -0.256. The Balaban J connectivity index is 1.29. The zero-order valence-corrected chi connectivity index (χ0v) is 19.0. The summed E-state index contributed by atoms with van der Waals surface area (Å²) in [5.74, 6) is 2.05. The summed E-state index contributed by atoms with van der Waals surface area (Å²) in [6.07, 6.45) is 3.10. The van der Waals surface area contributed by atoms with Crippen LogP contribution in [0.15, 0.2) is 99.8 Å². The standard InChI is InChI=1S/C29H24N2O3/c1-19(2)21-11-14-27-25(18-21)31-29(34-27)22-9-6-10-23(17-22)30-28(32)16-13-24-12-15-26(33-24)20-7-4-3-5-8-20/h3-19H,1-2H3,(H,30,32)/b16-13+. The molecule has 0 aliphatic rings. The van der Waals surface area contributed by atoms with Crippen molar-refractivity contribution in [2.24, 2.45) is 0 Å². The number of carbonyl (C=O) groups is 1. The molecule has 1 N–H and O–H groups in total. The van der Waals surface area contributed by atoms with Crippen LogP contribution in [0.25, 0.3) is 40.0 Å². The van der Waals surface area contributed by atoms with E-state index in [1.165, 1.54) is 11.6 Å². The minimum Gasteiger partial charge on any atom is -0.457 e. The predicted molar refractivity (Wildman–Crippen MR) is 135 cm³/mol. The monoisotopic (exact) mass is 448 g/mol. The van der Waals surface area contributed by atoms with Crippen LogP contribution < -0.4 is 5.32 Å². The first-order valence-electron chi connectivity index (χ1n) is 11.2. The number of oxazole rings is 1. The molecule has 0 unspecified atom stereocenters. The van der Waals surface area contributed by atoms with E-state index in [-0.39, 0.29) is 5.91 Å². The van der Waals surface area contributed by atoms with Gasteiger partial charge in [-0.05, 0) is 60.0 Å². The summed E-state index contributed by atoms with van der Waals surface area (Å²) in [5.41, 5.74) is 5.22. The van der Waals surface area contributed by atoms with E-state index in [0.29, 0.717) is 23.3 Å². The molecule has 1 amide bonds. The normalized spacial score (nSPS) is 11.5. The second-order valence-corrected chi connectivity index (χ2v) is 8.37. The molecule has 0 saturated heterocycles. The van der Waals surface area contributed by atoms with Crippen molar-refractivity contribution in [2.45, 2.75) is 19.8 Å². The van der Waals surface area contributed by atoms with Crippen LogP contribution >= 0.6 is 0 Å². The maximum Gasteiger partial charge on any atom is 0.248 e. The van der Waals surface area contributed by atoms with E-state index in [1.807, 2.05) is 72.8 Å². The van der Waals surface area contributed by atoms with Gasteiger partial charge in [-0.25, -0.2) is 4.98 Å². The van der Waals surface area contributed by atoms with Crippen LogP contribution in [0.2, 0.25) is 0 Å². The first-order chi connectivity index (χ1) is 16.5. The Kier molecular flexibility index (Phi) is 5.83. The van der Waals surface area contributed by atoms with Crippen molar-refractivity contribution in [3.8, 4) is 22.8 Å². The smallest absolute Gasteiger partial charge is 0.248 e. The van der Waals surface area contributed by atoms with Crippen molar-refractivity contribution in [1.29, 1.82) is 0 Å². The highest BCUT2D eigenvalue weighted by molar-refractivity contribution is 6.02. The molecule has 0 atom stereocenters. The third-order valence-corrected chi connectivity index (χ3v) is 5.54. The number of anilines is 1. The third kappa shape index (κ3) is 4.69. The van der Waals surface area contributed by atoms with E-state index < -0.39 is 0 Å². The molecule has 0 saturated carbocycles. The molecular formula is C29H24N2O3. The van der Waals surface area contributed by atoms with Gasteiger partial charge < -0.3 is 14.2 Å². The van der Waals surface area contributed by atoms with Crippen LogP contribution in [0.3, 0.4) is 0 Å². The van der Waals surface area contributed by atoms with Gasteiger partial charge in [0.1, 0.15) is 17.0 Å². The molecule has 0 aliphatic carbocycles. The lowest BCUT2D eigenvalue weighted by molar-refractivity contribution is -0.111. The van der Waals surface area contributed by atoms with Gasteiger partial charge in [-0.2, -0.15) is 0 Å². The summed E-state index contributed by atoms with van der Waals surface area (Å²) in [6, 6.07) is 27.1. The quantitative estimate of drug-likeness (QED) is 0.273. The molecule has 168 valence electrons. The predicted octanol–water partition coefficient (Wildman–Crippen LogP) is 7.53. The molecule has 2 heterocycles. The fraction of sp³-hybridized carbons (Fsp3) is 0.103. The van der Waals surface area contributed by atoms with Gasteiger partial charge in [-0.3, -0.25) is 4.79 Å². The number of furan rings is 1. The third-order valence-electron chi connectivity index (χ3n) is 5.54. The van der Waals surface area contributed by atoms with Crippen molar-refractivity contribution in [3.05, 3.63) is 102 Å².